The van der Waals surface area contributed by atoms with Crippen LogP contribution in [0.5, 0.6) is 0 Å². The maximum atomic E-state index is 13.1. The number of para-hydroxylation sites is 1. The average Bonchev–Trinajstić information content (AvgIpc) is 3.33. The Morgan fingerprint density at radius 2 is 2.00 bits per heavy atom. The molecule has 2 aromatic rings. The van der Waals surface area contributed by atoms with Gasteiger partial charge in [0.05, 0.1) is 11.7 Å². The van der Waals surface area contributed by atoms with Crippen LogP contribution in [0.1, 0.15) is 61.0 Å². The van der Waals surface area contributed by atoms with Gasteiger partial charge in [0, 0.05) is 30.8 Å². The second kappa shape index (κ2) is 6.27. The first kappa shape index (κ1) is 16.8. The molecule has 6 nitrogen and oxygen atoms in total. The van der Waals surface area contributed by atoms with Gasteiger partial charge in [-0.05, 0) is 44.7 Å². The van der Waals surface area contributed by atoms with Gasteiger partial charge < -0.3 is 14.3 Å². The van der Waals surface area contributed by atoms with Crippen LogP contribution in [0.4, 0.5) is 5.69 Å². The Kier molecular flexibility index (Phi) is 4.05. The van der Waals surface area contributed by atoms with Gasteiger partial charge in [-0.2, -0.15) is 0 Å². The fourth-order valence-electron chi connectivity index (χ4n) is 4.02. The number of rotatable bonds is 3. The zero-order valence-corrected chi connectivity index (χ0v) is 15.3. The number of amides is 2. The van der Waals surface area contributed by atoms with Crippen molar-refractivity contribution in [2.45, 2.75) is 58.2 Å². The Morgan fingerprint density at radius 3 is 2.62 bits per heavy atom. The predicted octanol–water partition coefficient (Wildman–Crippen LogP) is 3.47. The van der Waals surface area contributed by atoms with E-state index in [1.807, 2.05) is 36.1 Å². The van der Waals surface area contributed by atoms with E-state index in [1.54, 1.807) is 24.8 Å². The number of aromatic nitrogens is 1. The first-order chi connectivity index (χ1) is 12.5. The third-order valence-electron chi connectivity index (χ3n) is 5.26. The summed E-state index contributed by atoms with van der Waals surface area (Å²) in [5.41, 5.74) is 2.56. The van der Waals surface area contributed by atoms with E-state index < -0.39 is 0 Å². The van der Waals surface area contributed by atoms with E-state index in [9.17, 15) is 9.59 Å². The van der Waals surface area contributed by atoms with Crippen molar-refractivity contribution in [3.05, 3.63) is 47.3 Å². The lowest BCUT2D eigenvalue weighted by Crippen LogP contribution is -2.47. The summed E-state index contributed by atoms with van der Waals surface area (Å²) in [7, 11) is 0. The lowest BCUT2D eigenvalue weighted by atomic mass is 9.90. The van der Waals surface area contributed by atoms with Crippen LogP contribution in [0.25, 0.3) is 0 Å². The van der Waals surface area contributed by atoms with Gasteiger partial charge in [0.15, 0.2) is 0 Å². The molecule has 4 rings (SSSR count). The minimum atomic E-state index is -0.190. The number of anilines is 1. The van der Waals surface area contributed by atoms with Gasteiger partial charge in [-0.25, -0.2) is 0 Å². The van der Waals surface area contributed by atoms with Crippen LogP contribution in [-0.2, 0) is 4.79 Å². The molecule has 2 amide bonds. The molecule has 2 aliphatic rings. The van der Waals surface area contributed by atoms with Crippen LogP contribution in [0.15, 0.2) is 34.9 Å². The molecule has 0 N–H and O–H groups in total. The molecule has 1 aromatic carbocycles. The van der Waals surface area contributed by atoms with Gasteiger partial charge in [0.1, 0.15) is 0 Å². The summed E-state index contributed by atoms with van der Waals surface area (Å²) < 4.78 is 5.20. The molecule has 0 saturated heterocycles. The van der Waals surface area contributed by atoms with Gasteiger partial charge in [0.2, 0.25) is 11.7 Å². The summed E-state index contributed by atoms with van der Waals surface area (Å²) in [4.78, 5) is 29.1. The molecule has 0 radical (unpaired) electrons. The van der Waals surface area contributed by atoms with E-state index in [0.29, 0.717) is 18.2 Å². The summed E-state index contributed by atoms with van der Waals surface area (Å²) in [6.45, 7) is 5.46. The van der Waals surface area contributed by atoms with Crippen molar-refractivity contribution in [2.75, 3.05) is 4.90 Å². The van der Waals surface area contributed by atoms with Crippen LogP contribution in [0.2, 0.25) is 0 Å². The second-order valence-corrected chi connectivity index (χ2v) is 7.32. The number of hydrogen-bond donors (Lipinski definition) is 0. The number of nitrogens with zero attached hydrogens (tertiary/aromatic N) is 3. The maximum Gasteiger partial charge on any atom is 0.297 e. The molecule has 1 aliphatic heterocycles. The highest BCUT2D eigenvalue weighted by Gasteiger charge is 2.42. The SMILES string of the molecule is CC(=O)N(C1CC1)[C@H]1C[C@@H](C)N(C(=O)c2cc(C)no2)c2ccccc21. The van der Waals surface area contributed by atoms with Crippen molar-refractivity contribution in [2.24, 2.45) is 0 Å². The molecule has 1 fully saturated rings. The van der Waals surface area contributed by atoms with Crippen molar-refractivity contribution in [1.29, 1.82) is 0 Å². The van der Waals surface area contributed by atoms with Gasteiger partial charge in [-0.3, -0.25) is 9.59 Å². The predicted molar refractivity (Wildman–Crippen MR) is 96.9 cm³/mol. The van der Waals surface area contributed by atoms with Crippen LogP contribution >= 0.6 is 0 Å². The molecule has 136 valence electrons. The topological polar surface area (TPSA) is 66.7 Å². The molecule has 1 saturated carbocycles. The Balaban J connectivity index is 1.75. The quantitative estimate of drug-likeness (QED) is 0.847. The summed E-state index contributed by atoms with van der Waals surface area (Å²) in [6.07, 6.45) is 2.84. The van der Waals surface area contributed by atoms with Crippen molar-refractivity contribution >= 4 is 17.5 Å². The van der Waals surface area contributed by atoms with Crippen LogP contribution in [0.3, 0.4) is 0 Å². The largest absolute Gasteiger partial charge is 0.351 e. The zero-order valence-electron chi connectivity index (χ0n) is 15.3. The summed E-state index contributed by atoms with van der Waals surface area (Å²) >= 11 is 0. The number of carbonyl (C=O) groups excluding carboxylic acids is 2. The van der Waals surface area contributed by atoms with Gasteiger partial charge in [-0.1, -0.05) is 23.4 Å². The highest BCUT2D eigenvalue weighted by atomic mass is 16.5. The Labute approximate surface area is 152 Å². The number of aryl methyl sites for hydroxylation is 1. The zero-order chi connectivity index (χ0) is 18.4. The van der Waals surface area contributed by atoms with E-state index in [2.05, 4.69) is 5.16 Å². The molecule has 0 bridgehead atoms. The number of fused-ring (bicyclic) bond motifs is 1. The molecule has 0 unspecified atom stereocenters. The summed E-state index contributed by atoms with van der Waals surface area (Å²) in [5, 5.41) is 3.84. The maximum absolute atomic E-state index is 13.1. The molecule has 2 heterocycles. The first-order valence-electron chi connectivity index (χ1n) is 9.12. The fraction of sp³-hybridized carbons (Fsp3) is 0.450. The fourth-order valence-corrected chi connectivity index (χ4v) is 4.02. The average molecular weight is 353 g/mol. The van der Waals surface area contributed by atoms with E-state index in [1.165, 1.54) is 0 Å². The lowest BCUT2D eigenvalue weighted by molar-refractivity contribution is -0.132. The highest BCUT2D eigenvalue weighted by molar-refractivity contribution is 6.05. The van der Waals surface area contributed by atoms with Crippen LogP contribution in [0, 0.1) is 6.92 Å². The van der Waals surface area contributed by atoms with Gasteiger partial charge in [-0.15, -0.1) is 0 Å². The summed E-state index contributed by atoms with van der Waals surface area (Å²) in [6, 6.07) is 9.82. The van der Waals surface area contributed by atoms with E-state index in [0.717, 1.165) is 24.1 Å². The van der Waals surface area contributed by atoms with Gasteiger partial charge >= 0.3 is 0 Å². The van der Waals surface area contributed by atoms with E-state index in [4.69, 9.17) is 4.52 Å². The molecule has 26 heavy (non-hydrogen) atoms. The minimum absolute atomic E-state index is 0.00621. The van der Waals surface area contributed by atoms with E-state index in [-0.39, 0.29) is 29.7 Å². The molecule has 1 aliphatic carbocycles. The molecule has 1 aromatic heterocycles. The summed E-state index contributed by atoms with van der Waals surface area (Å²) in [5.74, 6) is 0.156. The smallest absolute Gasteiger partial charge is 0.297 e. The Bertz CT molecular complexity index is 855. The van der Waals surface area contributed by atoms with Crippen LogP contribution in [-0.4, -0.2) is 34.0 Å². The Morgan fingerprint density at radius 1 is 1.27 bits per heavy atom. The number of benzene rings is 1. The minimum Gasteiger partial charge on any atom is -0.351 e. The Hall–Kier alpha value is -2.63. The lowest BCUT2D eigenvalue weighted by Gasteiger charge is -2.43. The highest BCUT2D eigenvalue weighted by Crippen LogP contribution is 2.44. The van der Waals surface area contributed by atoms with E-state index >= 15 is 0 Å². The third kappa shape index (κ3) is 2.79. The van der Waals surface area contributed by atoms with Crippen molar-refractivity contribution in [3.8, 4) is 0 Å². The van der Waals surface area contributed by atoms with Crippen LogP contribution < -0.4 is 4.90 Å². The van der Waals surface area contributed by atoms with Crippen molar-refractivity contribution in [1.82, 2.24) is 10.1 Å². The molecule has 6 heteroatoms. The van der Waals surface area contributed by atoms with Gasteiger partial charge in [0.25, 0.3) is 5.91 Å². The second-order valence-electron chi connectivity index (χ2n) is 7.32. The standard InChI is InChI=1S/C20H23N3O3/c1-12-10-19(26-21-12)20(25)22-13(2)11-18(16-6-4-5-7-17(16)22)23(14(3)24)15-8-9-15/h4-7,10,13,15,18H,8-9,11H2,1-3H3/t13-,18+/m1/s1. The van der Waals surface area contributed by atoms with Crippen molar-refractivity contribution < 1.29 is 14.1 Å². The normalized spacial score (nSPS) is 22.0. The number of carbonyl (C=O) groups is 2. The first-order valence-corrected chi connectivity index (χ1v) is 9.12. The monoisotopic (exact) mass is 353 g/mol. The molecular weight excluding hydrogens is 330 g/mol. The third-order valence-corrected chi connectivity index (χ3v) is 5.26. The molecule has 2 atom stereocenters. The number of hydrogen-bond acceptors (Lipinski definition) is 4. The molecule has 0 spiro atoms. The molecular formula is C20H23N3O3. The van der Waals surface area contributed by atoms with Crippen molar-refractivity contribution in [3.63, 3.8) is 0 Å².